The minimum Gasteiger partial charge on any atom is -0.478 e. The summed E-state index contributed by atoms with van der Waals surface area (Å²) in [5.41, 5.74) is 0.496. The molecular weight excluding hydrogens is 146 g/mol. The van der Waals surface area contributed by atoms with Gasteiger partial charge in [0.1, 0.15) is 5.36 Å². The van der Waals surface area contributed by atoms with Gasteiger partial charge in [-0.2, -0.15) is 0 Å². The molecule has 0 bridgehead atoms. The van der Waals surface area contributed by atoms with E-state index in [1.165, 1.54) is 13.2 Å². The van der Waals surface area contributed by atoms with Crippen LogP contribution < -0.4 is 10.1 Å². The Labute approximate surface area is 63.3 Å². The van der Waals surface area contributed by atoms with Gasteiger partial charge in [0.15, 0.2) is 0 Å². The van der Waals surface area contributed by atoms with Crippen LogP contribution in [0.3, 0.4) is 0 Å². The number of methoxy groups -OCH3 is 1. The molecule has 1 aromatic rings. The third kappa shape index (κ3) is 1.31. The van der Waals surface area contributed by atoms with Crippen molar-refractivity contribution < 1.29 is 9.94 Å². The molecule has 0 atom stereocenters. The molecular formula is C6H9N3O2. The Morgan fingerprint density at radius 2 is 2.36 bits per heavy atom. The molecule has 1 aromatic heterocycles. The van der Waals surface area contributed by atoms with E-state index in [0.717, 1.165) is 0 Å². The molecule has 0 saturated carbocycles. The van der Waals surface area contributed by atoms with Crippen molar-refractivity contribution in [1.82, 2.24) is 9.94 Å². The lowest BCUT2D eigenvalue weighted by Crippen LogP contribution is -2.14. The van der Waals surface area contributed by atoms with Gasteiger partial charge in [-0.1, -0.05) is 5.10 Å². The fraction of sp³-hybridized carbons (Fsp3) is 0.333. The van der Waals surface area contributed by atoms with Gasteiger partial charge < -0.3 is 9.94 Å². The van der Waals surface area contributed by atoms with Crippen molar-refractivity contribution in [2.24, 2.45) is 0 Å². The first kappa shape index (κ1) is 7.59. The molecule has 0 radical (unpaired) electrons. The van der Waals surface area contributed by atoms with Crippen molar-refractivity contribution in [2.45, 2.75) is 6.92 Å². The maximum absolute atomic E-state index is 9.00. The molecule has 5 nitrogen and oxygen atoms in total. The minimum absolute atomic E-state index is 0.109. The fourth-order valence-corrected chi connectivity index (χ4v) is 0.698. The number of nitrogens with one attached hydrogen (secondary N) is 1. The smallest absolute Gasteiger partial charge is 0.259 e. The summed E-state index contributed by atoms with van der Waals surface area (Å²) in [4.78, 5) is 0.677. The minimum atomic E-state index is 0.109. The largest absolute Gasteiger partial charge is 0.478 e. The zero-order valence-electron chi connectivity index (χ0n) is 6.33. The summed E-state index contributed by atoms with van der Waals surface area (Å²) < 4.78 is 4.70. The highest BCUT2D eigenvalue weighted by atomic mass is 16.5. The molecule has 1 heterocycles. The van der Waals surface area contributed by atoms with E-state index in [1.807, 2.05) is 0 Å². The Morgan fingerprint density at radius 3 is 2.91 bits per heavy atom. The van der Waals surface area contributed by atoms with E-state index in [2.05, 4.69) is 5.10 Å². The topological polar surface area (TPSA) is 71.1 Å². The molecule has 0 spiro atoms. The van der Waals surface area contributed by atoms with Gasteiger partial charge in [0.25, 0.3) is 5.88 Å². The van der Waals surface area contributed by atoms with E-state index in [4.69, 9.17) is 15.4 Å². The van der Waals surface area contributed by atoms with Gasteiger partial charge in [0, 0.05) is 0 Å². The van der Waals surface area contributed by atoms with Crippen molar-refractivity contribution >= 4 is 0 Å². The van der Waals surface area contributed by atoms with Crippen molar-refractivity contribution in [2.75, 3.05) is 7.11 Å². The monoisotopic (exact) mass is 155 g/mol. The van der Waals surface area contributed by atoms with E-state index < -0.39 is 0 Å². The van der Waals surface area contributed by atoms with Crippen LogP contribution in [0.4, 0.5) is 0 Å². The van der Waals surface area contributed by atoms with Gasteiger partial charge in [0.05, 0.1) is 12.8 Å². The average Bonchev–Trinajstić information content (AvgIpc) is 1.97. The molecule has 0 unspecified atom stereocenters. The lowest BCUT2D eigenvalue weighted by atomic mass is 10.4. The standard InChI is InChI=1S/C6H9N3O2/c1-4-3-5(7)6(11-2)8-9(4)10/h3,7,10H,1-2H3. The maximum Gasteiger partial charge on any atom is 0.259 e. The Bertz CT molecular complexity index is 318. The number of nitrogens with zero attached hydrogens (tertiary/aromatic N) is 2. The summed E-state index contributed by atoms with van der Waals surface area (Å²) in [6, 6.07) is 1.46. The highest BCUT2D eigenvalue weighted by Gasteiger charge is 2.00. The van der Waals surface area contributed by atoms with Crippen LogP contribution in [0, 0.1) is 12.3 Å². The van der Waals surface area contributed by atoms with E-state index >= 15 is 0 Å². The van der Waals surface area contributed by atoms with Crippen molar-refractivity contribution in [3.05, 3.63) is 17.1 Å². The van der Waals surface area contributed by atoms with E-state index in [9.17, 15) is 0 Å². The molecule has 0 aromatic carbocycles. The van der Waals surface area contributed by atoms with Crippen molar-refractivity contribution in [3.63, 3.8) is 0 Å². The number of aryl methyl sites for hydroxylation is 1. The second-order valence-electron chi connectivity index (χ2n) is 2.10. The summed E-state index contributed by atoms with van der Waals surface area (Å²) in [5.74, 6) is 0.109. The Kier molecular flexibility index (Phi) is 1.80. The first-order chi connectivity index (χ1) is 5.15. The van der Waals surface area contributed by atoms with Crippen LogP contribution in [-0.2, 0) is 0 Å². The number of hydrogen-bond donors (Lipinski definition) is 2. The summed E-state index contributed by atoms with van der Waals surface area (Å²) >= 11 is 0. The summed E-state index contributed by atoms with van der Waals surface area (Å²) in [7, 11) is 1.40. The SMILES string of the molecule is COc1nn(O)c(C)cc1=N. The second-order valence-corrected chi connectivity index (χ2v) is 2.10. The molecule has 0 aliphatic rings. The Hall–Kier alpha value is -1.52. The number of rotatable bonds is 1. The molecule has 0 saturated heterocycles. The molecule has 5 heteroatoms. The Balaban J connectivity index is 3.32. The molecule has 0 aliphatic heterocycles. The van der Waals surface area contributed by atoms with Gasteiger partial charge in [-0.05, 0) is 13.0 Å². The zero-order chi connectivity index (χ0) is 8.43. The van der Waals surface area contributed by atoms with Crippen LogP contribution in [0.25, 0.3) is 0 Å². The molecule has 0 amide bonds. The molecule has 1 rings (SSSR count). The van der Waals surface area contributed by atoms with Gasteiger partial charge in [-0.25, -0.2) is 0 Å². The van der Waals surface area contributed by atoms with E-state index in [1.54, 1.807) is 6.92 Å². The summed E-state index contributed by atoms with van der Waals surface area (Å²) in [6.07, 6.45) is 0. The maximum atomic E-state index is 9.00. The van der Waals surface area contributed by atoms with Crippen molar-refractivity contribution in [3.8, 4) is 5.88 Å². The number of hydrogen-bond acceptors (Lipinski definition) is 4. The predicted octanol–water partition coefficient (Wildman–Crippen LogP) is -0.0831. The quantitative estimate of drug-likeness (QED) is 0.557. The van der Waals surface area contributed by atoms with Gasteiger partial charge in [-0.3, -0.25) is 5.41 Å². The first-order valence-electron chi connectivity index (χ1n) is 3.04. The third-order valence-corrected chi connectivity index (χ3v) is 1.28. The second kappa shape index (κ2) is 2.61. The first-order valence-corrected chi connectivity index (χ1v) is 3.04. The van der Waals surface area contributed by atoms with Gasteiger partial charge in [0.2, 0.25) is 0 Å². The zero-order valence-corrected chi connectivity index (χ0v) is 6.33. The normalized spacial score (nSPS) is 9.64. The molecule has 2 N–H and O–H groups in total. The predicted molar refractivity (Wildman–Crippen MR) is 36.6 cm³/mol. The molecule has 60 valence electrons. The van der Waals surface area contributed by atoms with Gasteiger partial charge >= 0.3 is 0 Å². The molecule has 11 heavy (non-hydrogen) atoms. The van der Waals surface area contributed by atoms with E-state index in [0.29, 0.717) is 10.5 Å². The molecule has 0 aliphatic carbocycles. The average molecular weight is 155 g/mol. The van der Waals surface area contributed by atoms with Crippen LogP contribution in [0.2, 0.25) is 0 Å². The van der Waals surface area contributed by atoms with E-state index in [-0.39, 0.29) is 11.2 Å². The van der Waals surface area contributed by atoms with Crippen LogP contribution in [0.1, 0.15) is 5.69 Å². The van der Waals surface area contributed by atoms with Crippen LogP contribution in [0.15, 0.2) is 6.07 Å². The Morgan fingerprint density at radius 1 is 1.73 bits per heavy atom. The van der Waals surface area contributed by atoms with Gasteiger partial charge in [-0.15, -0.1) is 4.85 Å². The fourth-order valence-electron chi connectivity index (χ4n) is 0.698. The van der Waals surface area contributed by atoms with Crippen molar-refractivity contribution in [1.29, 1.82) is 5.41 Å². The third-order valence-electron chi connectivity index (χ3n) is 1.28. The summed E-state index contributed by atoms with van der Waals surface area (Å²) in [6.45, 7) is 1.64. The van der Waals surface area contributed by atoms with Crippen LogP contribution >= 0.6 is 0 Å². The number of aromatic nitrogens is 2. The van der Waals surface area contributed by atoms with Crippen LogP contribution in [-0.4, -0.2) is 22.3 Å². The summed E-state index contributed by atoms with van der Waals surface area (Å²) in [5, 5.41) is 20.0. The lowest BCUT2D eigenvalue weighted by molar-refractivity contribution is 0.129. The molecule has 0 fully saturated rings. The highest BCUT2D eigenvalue weighted by molar-refractivity contribution is 5.09. The lowest BCUT2D eigenvalue weighted by Gasteiger charge is -2.02. The number of ether oxygens (including phenoxy) is 1. The van der Waals surface area contributed by atoms with Crippen LogP contribution in [0.5, 0.6) is 5.88 Å². The highest BCUT2D eigenvalue weighted by Crippen LogP contribution is 1.96.